The standard InChI is InChI=1S/C10H17N3O3/c1-7(2)16-9-3-4-11-10(13-9)12-8(5-14)6-15/h3-4,7-8,14-15H,5-6H2,1-2H3,(H,11,12,13). The van der Waals surface area contributed by atoms with E-state index < -0.39 is 6.04 Å². The van der Waals surface area contributed by atoms with Crippen LogP contribution in [0.3, 0.4) is 0 Å². The van der Waals surface area contributed by atoms with Gasteiger partial charge in [-0.2, -0.15) is 4.98 Å². The number of ether oxygens (including phenoxy) is 1. The molecular weight excluding hydrogens is 210 g/mol. The summed E-state index contributed by atoms with van der Waals surface area (Å²) in [4.78, 5) is 8.04. The van der Waals surface area contributed by atoms with Gasteiger partial charge < -0.3 is 20.3 Å². The lowest BCUT2D eigenvalue weighted by molar-refractivity contribution is 0.203. The molecule has 0 aliphatic carbocycles. The first-order valence-corrected chi connectivity index (χ1v) is 5.13. The summed E-state index contributed by atoms with van der Waals surface area (Å²) in [6, 6.07) is 1.19. The lowest BCUT2D eigenvalue weighted by Crippen LogP contribution is -2.28. The van der Waals surface area contributed by atoms with E-state index in [-0.39, 0.29) is 19.3 Å². The van der Waals surface area contributed by atoms with Crippen LogP contribution in [-0.2, 0) is 0 Å². The van der Waals surface area contributed by atoms with Crippen LogP contribution in [0.2, 0.25) is 0 Å². The van der Waals surface area contributed by atoms with Crippen LogP contribution >= 0.6 is 0 Å². The van der Waals surface area contributed by atoms with E-state index in [4.69, 9.17) is 14.9 Å². The van der Waals surface area contributed by atoms with Gasteiger partial charge in [-0.3, -0.25) is 0 Å². The molecule has 6 nitrogen and oxygen atoms in total. The molecule has 1 aromatic heterocycles. The van der Waals surface area contributed by atoms with Gasteiger partial charge in [0.05, 0.1) is 25.4 Å². The van der Waals surface area contributed by atoms with Gasteiger partial charge in [0.1, 0.15) is 0 Å². The zero-order valence-corrected chi connectivity index (χ0v) is 9.42. The van der Waals surface area contributed by atoms with E-state index >= 15 is 0 Å². The number of hydrogen-bond donors (Lipinski definition) is 3. The number of aliphatic hydroxyl groups excluding tert-OH is 2. The average Bonchev–Trinajstić information content (AvgIpc) is 2.25. The summed E-state index contributed by atoms with van der Waals surface area (Å²) in [7, 11) is 0. The Kier molecular flexibility index (Phi) is 4.94. The number of aliphatic hydroxyl groups is 2. The minimum atomic E-state index is -0.464. The number of nitrogens with zero attached hydrogens (tertiary/aromatic N) is 2. The highest BCUT2D eigenvalue weighted by molar-refractivity contribution is 5.28. The third-order valence-electron chi connectivity index (χ3n) is 1.76. The Morgan fingerprint density at radius 2 is 2.06 bits per heavy atom. The third-order valence-corrected chi connectivity index (χ3v) is 1.76. The van der Waals surface area contributed by atoms with Gasteiger partial charge in [0.2, 0.25) is 11.8 Å². The van der Waals surface area contributed by atoms with E-state index in [1.165, 1.54) is 0 Å². The predicted molar refractivity (Wildman–Crippen MR) is 59.4 cm³/mol. The molecule has 6 heteroatoms. The maximum Gasteiger partial charge on any atom is 0.226 e. The lowest BCUT2D eigenvalue weighted by Gasteiger charge is -2.14. The minimum Gasteiger partial charge on any atom is -0.475 e. The fourth-order valence-electron chi connectivity index (χ4n) is 1.05. The monoisotopic (exact) mass is 227 g/mol. The largest absolute Gasteiger partial charge is 0.475 e. The predicted octanol–water partition coefficient (Wildman–Crippen LogP) is 0.0289. The first-order chi connectivity index (χ1) is 7.65. The van der Waals surface area contributed by atoms with Crippen molar-refractivity contribution >= 4 is 5.95 Å². The second-order valence-electron chi connectivity index (χ2n) is 3.59. The highest BCUT2D eigenvalue weighted by Crippen LogP contribution is 2.10. The smallest absolute Gasteiger partial charge is 0.226 e. The summed E-state index contributed by atoms with van der Waals surface area (Å²) in [5, 5.41) is 20.6. The molecule has 0 spiro atoms. The Morgan fingerprint density at radius 3 is 2.62 bits per heavy atom. The molecule has 0 amide bonds. The average molecular weight is 227 g/mol. The molecule has 3 N–H and O–H groups in total. The molecule has 0 atom stereocenters. The zero-order valence-electron chi connectivity index (χ0n) is 9.42. The molecule has 0 saturated carbocycles. The van der Waals surface area contributed by atoms with Crippen LogP contribution in [0.15, 0.2) is 12.3 Å². The molecular formula is C10H17N3O3. The van der Waals surface area contributed by atoms with Gasteiger partial charge in [-0.05, 0) is 13.8 Å². The van der Waals surface area contributed by atoms with Crippen molar-refractivity contribution < 1.29 is 14.9 Å². The molecule has 0 aliphatic heterocycles. The maximum atomic E-state index is 8.89. The van der Waals surface area contributed by atoms with E-state index in [1.807, 2.05) is 13.8 Å². The topological polar surface area (TPSA) is 87.5 Å². The maximum absolute atomic E-state index is 8.89. The highest BCUT2D eigenvalue weighted by atomic mass is 16.5. The van der Waals surface area contributed by atoms with Gasteiger partial charge in [0, 0.05) is 12.3 Å². The van der Waals surface area contributed by atoms with Gasteiger partial charge in [-0.15, -0.1) is 0 Å². The van der Waals surface area contributed by atoms with Crippen LogP contribution in [-0.4, -0.2) is 45.5 Å². The molecule has 0 unspecified atom stereocenters. The molecule has 1 rings (SSSR count). The first kappa shape index (κ1) is 12.7. The van der Waals surface area contributed by atoms with E-state index in [0.717, 1.165) is 0 Å². The second-order valence-corrected chi connectivity index (χ2v) is 3.59. The van der Waals surface area contributed by atoms with E-state index in [0.29, 0.717) is 11.8 Å². The van der Waals surface area contributed by atoms with Crippen LogP contribution in [0.1, 0.15) is 13.8 Å². The SMILES string of the molecule is CC(C)Oc1ccnc(NC(CO)CO)n1. The molecule has 0 aliphatic rings. The number of aromatic nitrogens is 2. The Bertz CT molecular complexity index is 316. The number of anilines is 1. The second kappa shape index (κ2) is 6.24. The quantitative estimate of drug-likeness (QED) is 0.635. The van der Waals surface area contributed by atoms with Crippen molar-refractivity contribution in [2.75, 3.05) is 18.5 Å². The normalized spacial score (nSPS) is 10.9. The summed E-state index contributed by atoms with van der Waals surface area (Å²) in [5.74, 6) is 0.786. The fraction of sp³-hybridized carbons (Fsp3) is 0.600. The van der Waals surface area contributed by atoms with Gasteiger partial charge >= 0.3 is 0 Å². The summed E-state index contributed by atoms with van der Waals surface area (Å²) >= 11 is 0. The molecule has 0 aromatic carbocycles. The van der Waals surface area contributed by atoms with Crippen LogP contribution in [0.5, 0.6) is 5.88 Å². The van der Waals surface area contributed by atoms with Crippen molar-refractivity contribution in [2.24, 2.45) is 0 Å². The summed E-state index contributed by atoms with van der Waals surface area (Å²) in [6.45, 7) is 3.43. The van der Waals surface area contributed by atoms with Gasteiger partial charge in [0.15, 0.2) is 0 Å². The molecule has 1 aromatic rings. The van der Waals surface area contributed by atoms with Crippen molar-refractivity contribution in [1.29, 1.82) is 0 Å². The van der Waals surface area contributed by atoms with Gasteiger partial charge in [0.25, 0.3) is 0 Å². The Balaban J connectivity index is 2.66. The highest BCUT2D eigenvalue weighted by Gasteiger charge is 2.08. The molecule has 0 saturated heterocycles. The van der Waals surface area contributed by atoms with Crippen molar-refractivity contribution in [3.05, 3.63) is 12.3 Å². The van der Waals surface area contributed by atoms with E-state index in [2.05, 4.69) is 15.3 Å². The van der Waals surface area contributed by atoms with Crippen LogP contribution in [0, 0.1) is 0 Å². The van der Waals surface area contributed by atoms with E-state index in [9.17, 15) is 0 Å². The Labute approximate surface area is 94.3 Å². The summed E-state index contributed by atoms with van der Waals surface area (Å²) in [6.07, 6.45) is 1.59. The summed E-state index contributed by atoms with van der Waals surface area (Å²) < 4.78 is 5.39. The fourth-order valence-corrected chi connectivity index (χ4v) is 1.05. The number of hydrogen-bond acceptors (Lipinski definition) is 6. The Hall–Kier alpha value is -1.40. The summed E-state index contributed by atoms with van der Waals surface area (Å²) in [5.41, 5.74) is 0. The molecule has 0 fully saturated rings. The van der Waals surface area contributed by atoms with E-state index in [1.54, 1.807) is 12.3 Å². The molecule has 0 bridgehead atoms. The molecule has 16 heavy (non-hydrogen) atoms. The van der Waals surface area contributed by atoms with Crippen molar-refractivity contribution in [1.82, 2.24) is 9.97 Å². The lowest BCUT2D eigenvalue weighted by atomic mass is 10.3. The Morgan fingerprint density at radius 1 is 1.38 bits per heavy atom. The van der Waals surface area contributed by atoms with Gasteiger partial charge in [-0.1, -0.05) is 0 Å². The zero-order chi connectivity index (χ0) is 12.0. The number of nitrogens with one attached hydrogen (secondary N) is 1. The first-order valence-electron chi connectivity index (χ1n) is 5.13. The molecule has 1 heterocycles. The van der Waals surface area contributed by atoms with Crippen LogP contribution in [0.25, 0.3) is 0 Å². The number of rotatable bonds is 6. The third kappa shape index (κ3) is 4.00. The minimum absolute atomic E-state index is 0.0363. The van der Waals surface area contributed by atoms with Crippen molar-refractivity contribution in [2.45, 2.75) is 26.0 Å². The van der Waals surface area contributed by atoms with Crippen LogP contribution in [0.4, 0.5) is 5.95 Å². The van der Waals surface area contributed by atoms with Gasteiger partial charge in [-0.25, -0.2) is 4.98 Å². The molecule has 0 radical (unpaired) electrons. The van der Waals surface area contributed by atoms with Crippen molar-refractivity contribution in [3.63, 3.8) is 0 Å². The molecule has 90 valence electrons. The van der Waals surface area contributed by atoms with Crippen molar-refractivity contribution in [3.8, 4) is 5.88 Å². The van der Waals surface area contributed by atoms with Crippen LogP contribution < -0.4 is 10.1 Å².